The summed E-state index contributed by atoms with van der Waals surface area (Å²) in [4.78, 5) is 8.90. The predicted molar refractivity (Wildman–Crippen MR) is 43.1 cm³/mol. The van der Waals surface area contributed by atoms with Crippen molar-refractivity contribution < 1.29 is 27.5 Å². The van der Waals surface area contributed by atoms with Gasteiger partial charge in [0, 0.05) is 12.1 Å². The molecule has 0 amide bonds. The van der Waals surface area contributed by atoms with Crippen LogP contribution >= 0.6 is 0 Å². The van der Waals surface area contributed by atoms with E-state index in [1.165, 1.54) is 6.42 Å². The fourth-order valence-electron chi connectivity index (χ4n) is 1.69. The highest BCUT2D eigenvalue weighted by atomic mass is 19.4. The summed E-state index contributed by atoms with van der Waals surface area (Å²) in [7, 11) is 0. The number of carboxylic acids is 1. The molecule has 3 rings (SSSR count). The standard InChI is InChI=1S/C6H10FN.C2HF3O2/c7-4-1-5-3-6(2-4)8-5;3-2(4,5)1(6)7/h4-6,8H,1-3H2;(H,6,7). The van der Waals surface area contributed by atoms with Gasteiger partial charge in [0.2, 0.25) is 0 Å². The van der Waals surface area contributed by atoms with E-state index >= 15 is 0 Å². The van der Waals surface area contributed by atoms with Gasteiger partial charge in [-0.05, 0) is 19.3 Å². The maximum atomic E-state index is 12.4. The van der Waals surface area contributed by atoms with Gasteiger partial charge in [-0.3, -0.25) is 0 Å². The smallest absolute Gasteiger partial charge is 0.475 e. The Hall–Kier alpha value is -0.850. The summed E-state index contributed by atoms with van der Waals surface area (Å²) in [6.45, 7) is 0. The lowest BCUT2D eigenvalue weighted by molar-refractivity contribution is -0.192. The van der Waals surface area contributed by atoms with Crippen LogP contribution in [0.3, 0.4) is 0 Å². The molecular formula is C8H11F4NO2. The zero-order chi connectivity index (χ0) is 11.6. The maximum absolute atomic E-state index is 12.4. The van der Waals surface area contributed by atoms with Gasteiger partial charge in [0.05, 0.1) is 0 Å². The summed E-state index contributed by atoms with van der Waals surface area (Å²) in [6, 6.07) is 1.06. The molecule has 2 unspecified atom stereocenters. The highest BCUT2D eigenvalue weighted by Crippen LogP contribution is 2.29. The number of hydrogen-bond acceptors (Lipinski definition) is 2. The van der Waals surface area contributed by atoms with Crippen molar-refractivity contribution in [3.8, 4) is 0 Å². The van der Waals surface area contributed by atoms with Gasteiger partial charge >= 0.3 is 12.1 Å². The minimum Gasteiger partial charge on any atom is -0.475 e. The first-order valence-corrected chi connectivity index (χ1v) is 4.49. The summed E-state index contributed by atoms with van der Waals surface area (Å²) < 4.78 is 44.2. The summed E-state index contributed by atoms with van der Waals surface area (Å²) in [5.41, 5.74) is 0. The SMILES string of the molecule is FC1CC2CC(C1)N2.O=C(O)C(F)(F)F. The molecule has 1 saturated carbocycles. The van der Waals surface area contributed by atoms with E-state index in [0.29, 0.717) is 12.1 Å². The van der Waals surface area contributed by atoms with E-state index in [0.717, 1.165) is 12.8 Å². The Kier molecular flexibility index (Phi) is 3.54. The Morgan fingerprint density at radius 1 is 1.20 bits per heavy atom. The van der Waals surface area contributed by atoms with Crippen molar-refractivity contribution in [1.29, 1.82) is 0 Å². The second kappa shape index (κ2) is 4.34. The number of fused-ring (bicyclic) bond motifs is 2. The van der Waals surface area contributed by atoms with Crippen molar-refractivity contribution in [2.75, 3.05) is 0 Å². The lowest BCUT2D eigenvalue weighted by Gasteiger charge is -2.44. The van der Waals surface area contributed by atoms with Crippen LogP contribution in [0.5, 0.6) is 0 Å². The van der Waals surface area contributed by atoms with Crippen molar-refractivity contribution in [3.63, 3.8) is 0 Å². The Labute approximate surface area is 83.5 Å². The van der Waals surface area contributed by atoms with Gasteiger partial charge in [-0.1, -0.05) is 0 Å². The van der Waals surface area contributed by atoms with Crippen LogP contribution in [0.1, 0.15) is 19.3 Å². The molecule has 2 atom stereocenters. The molecule has 1 aliphatic carbocycles. The Bertz CT molecular complexity index is 227. The van der Waals surface area contributed by atoms with Gasteiger partial charge in [0.15, 0.2) is 0 Å². The lowest BCUT2D eigenvalue weighted by atomic mass is 9.82. The molecule has 0 aromatic heterocycles. The summed E-state index contributed by atoms with van der Waals surface area (Å²) in [5, 5.41) is 10.4. The van der Waals surface area contributed by atoms with E-state index in [1.54, 1.807) is 0 Å². The topological polar surface area (TPSA) is 49.3 Å². The van der Waals surface area contributed by atoms with E-state index in [9.17, 15) is 17.6 Å². The normalized spacial score (nSPS) is 33.5. The van der Waals surface area contributed by atoms with Crippen molar-refractivity contribution in [2.24, 2.45) is 0 Å². The average molecular weight is 229 g/mol. The molecule has 3 nitrogen and oxygen atoms in total. The van der Waals surface area contributed by atoms with Gasteiger partial charge in [-0.2, -0.15) is 13.2 Å². The highest BCUT2D eigenvalue weighted by Gasteiger charge is 2.38. The van der Waals surface area contributed by atoms with Crippen molar-refractivity contribution in [2.45, 2.75) is 43.7 Å². The second-order valence-corrected chi connectivity index (χ2v) is 3.67. The number of carbonyl (C=O) groups is 1. The van der Waals surface area contributed by atoms with Crippen LogP contribution in [0, 0.1) is 0 Å². The number of nitrogens with one attached hydrogen (secondary N) is 1. The predicted octanol–water partition coefficient (Wildman–Crippen LogP) is 1.48. The molecule has 88 valence electrons. The summed E-state index contributed by atoms with van der Waals surface area (Å²) in [6.07, 6.45) is -2.84. The maximum Gasteiger partial charge on any atom is 0.490 e. The van der Waals surface area contributed by atoms with Crippen LogP contribution < -0.4 is 5.32 Å². The largest absolute Gasteiger partial charge is 0.490 e. The molecule has 2 bridgehead atoms. The van der Waals surface area contributed by atoms with Crippen LogP contribution in [0.2, 0.25) is 0 Å². The Morgan fingerprint density at radius 3 is 1.67 bits per heavy atom. The van der Waals surface area contributed by atoms with Crippen LogP contribution in [-0.2, 0) is 4.79 Å². The van der Waals surface area contributed by atoms with Gasteiger partial charge in [0.25, 0.3) is 0 Å². The molecule has 0 radical (unpaired) electrons. The molecular weight excluding hydrogens is 218 g/mol. The fraction of sp³-hybridized carbons (Fsp3) is 0.875. The first kappa shape index (κ1) is 12.2. The van der Waals surface area contributed by atoms with Crippen molar-refractivity contribution in [3.05, 3.63) is 0 Å². The third-order valence-electron chi connectivity index (χ3n) is 2.36. The number of rotatable bonds is 0. The molecule has 2 aliphatic heterocycles. The molecule has 7 heteroatoms. The second-order valence-electron chi connectivity index (χ2n) is 3.67. The lowest BCUT2D eigenvalue weighted by Crippen LogP contribution is -2.58. The first-order chi connectivity index (χ1) is 6.79. The number of alkyl halides is 4. The van der Waals surface area contributed by atoms with Gasteiger partial charge in [-0.25, -0.2) is 9.18 Å². The minimum absolute atomic E-state index is 0.500. The van der Waals surface area contributed by atoms with Gasteiger partial charge in [0.1, 0.15) is 6.17 Å². The molecule has 2 saturated heterocycles. The third-order valence-corrected chi connectivity index (χ3v) is 2.36. The van der Waals surface area contributed by atoms with E-state index in [4.69, 9.17) is 9.90 Å². The van der Waals surface area contributed by atoms with Crippen LogP contribution in [0.4, 0.5) is 17.6 Å². The summed E-state index contributed by atoms with van der Waals surface area (Å²) in [5.74, 6) is -2.76. The molecule has 3 fully saturated rings. The van der Waals surface area contributed by atoms with Crippen molar-refractivity contribution in [1.82, 2.24) is 5.32 Å². The fourth-order valence-corrected chi connectivity index (χ4v) is 1.69. The third kappa shape index (κ3) is 3.65. The molecule has 0 aromatic carbocycles. The quantitative estimate of drug-likeness (QED) is 0.618. The zero-order valence-corrected chi connectivity index (χ0v) is 7.72. The van der Waals surface area contributed by atoms with E-state index in [1.807, 2.05) is 0 Å². The van der Waals surface area contributed by atoms with Crippen LogP contribution in [-0.4, -0.2) is 35.5 Å². The molecule has 3 aliphatic rings. The number of carboxylic acid groups (broad SMARTS) is 1. The summed E-state index contributed by atoms with van der Waals surface area (Å²) >= 11 is 0. The Morgan fingerprint density at radius 2 is 1.53 bits per heavy atom. The number of piperidine rings is 1. The van der Waals surface area contributed by atoms with Crippen molar-refractivity contribution >= 4 is 5.97 Å². The number of hydrogen-bond donors (Lipinski definition) is 2. The van der Waals surface area contributed by atoms with Crippen LogP contribution in [0.15, 0.2) is 0 Å². The number of aliphatic carboxylic acids is 1. The van der Waals surface area contributed by atoms with Gasteiger partial charge < -0.3 is 10.4 Å². The Balaban J connectivity index is 0.000000153. The monoisotopic (exact) mass is 229 g/mol. The average Bonchev–Trinajstić information content (AvgIpc) is 2.00. The molecule has 2 heterocycles. The van der Waals surface area contributed by atoms with Crippen LogP contribution in [0.25, 0.3) is 0 Å². The highest BCUT2D eigenvalue weighted by molar-refractivity contribution is 5.73. The molecule has 2 N–H and O–H groups in total. The zero-order valence-electron chi connectivity index (χ0n) is 7.72. The van der Waals surface area contributed by atoms with E-state index in [2.05, 4.69) is 5.32 Å². The first-order valence-electron chi connectivity index (χ1n) is 4.49. The molecule has 0 aromatic rings. The molecule has 0 spiro atoms. The van der Waals surface area contributed by atoms with E-state index < -0.39 is 18.3 Å². The minimum atomic E-state index is -5.08. The number of halogens is 4. The molecule has 15 heavy (non-hydrogen) atoms. The van der Waals surface area contributed by atoms with Gasteiger partial charge in [-0.15, -0.1) is 0 Å². The van der Waals surface area contributed by atoms with E-state index in [-0.39, 0.29) is 0 Å².